The smallest absolute Gasteiger partial charge is 0.406 e. The van der Waals surface area contributed by atoms with Gasteiger partial charge in [0.05, 0.1) is 12.5 Å². The lowest BCUT2D eigenvalue weighted by Crippen LogP contribution is -2.16. The van der Waals surface area contributed by atoms with Crippen molar-refractivity contribution in [2.75, 3.05) is 0 Å². The number of alkyl halides is 3. The van der Waals surface area contributed by atoms with Gasteiger partial charge in [-0.1, -0.05) is 24.3 Å². The molecule has 2 aromatic rings. The first kappa shape index (κ1) is 14.9. The fourth-order valence-electron chi connectivity index (χ4n) is 1.80. The van der Waals surface area contributed by atoms with Crippen molar-refractivity contribution in [1.29, 1.82) is 5.26 Å². The van der Waals surface area contributed by atoms with Crippen molar-refractivity contribution >= 4 is 0 Å². The summed E-state index contributed by atoms with van der Waals surface area (Å²) < 4.78 is 53.6. The van der Waals surface area contributed by atoms with Crippen molar-refractivity contribution in [2.45, 2.75) is 12.8 Å². The molecule has 0 atom stereocenters. The molecule has 0 amide bonds. The number of benzene rings is 2. The molecule has 6 heteroatoms. The first-order valence-corrected chi connectivity index (χ1v) is 5.90. The van der Waals surface area contributed by atoms with Gasteiger partial charge in [-0.2, -0.15) is 5.26 Å². The van der Waals surface area contributed by atoms with E-state index in [-0.39, 0.29) is 17.7 Å². The molecule has 0 N–H and O–H groups in total. The highest BCUT2D eigenvalue weighted by Crippen LogP contribution is 2.27. The molecule has 0 fully saturated rings. The molecule has 0 saturated carbocycles. The molecule has 2 nitrogen and oxygen atoms in total. The van der Waals surface area contributed by atoms with Gasteiger partial charge in [0.25, 0.3) is 0 Å². The second-order valence-electron chi connectivity index (χ2n) is 4.21. The summed E-state index contributed by atoms with van der Waals surface area (Å²) in [6.45, 7) is 0. The number of halogens is 4. The normalized spacial score (nSPS) is 11.0. The van der Waals surface area contributed by atoms with Crippen LogP contribution >= 0.6 is 0 Å². The topological polar surface area (TPSA) is 33.0 Å². The average Bonchev–Trinajstić information content (AvgIpc) is 2.40. The molecule has 0 aromatic heterocycles. The Labute approximate surface area is 118 Å². The molecule has 21 heavy (non-hydrogen) atoms. The fraction of sp³-hybridized carbons (Fsp3) is 0.133. The highest BCUT2D eigenvalue weighted by atomic mass is 19.4. The van der Waals surface area contributed by atoms with Crippen molar-refractivity contribution in [3.05, 3.63) is 53.8 Å². The quantitative estimate of drug-likeness (QED) is 0.783. The highest BCUT2D eigenvalue weighted by molar-refractivity contribution is 5.64. The van der Waals surface area contributed by atoms with Gasteiger partial charge in [-0.15, -0.1) is 13.2 Å². The molecule has 2 aromatic carbocycles. The van der Waals surface area contributed by atoms with Gasteiger partial charge in [-0.05, 0) is 29.3 Å². The van der Waals surface area contributed by atoms with E-state index in [9.17, 15) is 17.6 Å². The van der Waals surface area contributed by atoms with Gasteiger partial charge in [0.1, 0.15) is 11.6 Å². The molecule has 0 saturated heterocycles. The van der Waals surface area contributed by atoms with Gasteiger partial charge >= 0.3 is 6.36 Å². The number of nitrogens with zero attached hydrogens (tertiary/aromatic N) is 1. The van der Waals surface area contributed by atoms with Crippen LogP contribution in [-0.4, -0.2) is 6.36 Å². The maximum atomic E-state index is 13.7. The molecule has 108 valence electrons. The van der Waals surface area contributed by atoms with Gasteiger partial charge in [0.2, 0.25) is 0 Å². The summed E-state index contributed by atoms with van der Waals surface area (Å²) >= 11 is 0. The van der Waals surface area contributed by atoms with Crippen LogP contribution in [-0.2, 0) is 6.42 Å². The zero-order valence-corrected chi connectivity index (χ0v) is 10.6. The van der Waals surface area contributed by atoms with E-state index in [4.69, 9.17) is 5.26 Å². The standard InChI is InChI=1S/C15H9F4NO/c16-14-9-12(2-1-11(14)7-8-20)10-3-5-13(6-4-10)21-15(17,18)19/h1-6,9H,7H2. The summed E-state index contributed by atoms with van der Waals surface area (Å²) in [6, 6.07) is 11.3. The number of ether oxygens (including phenoxy) is 1. The SMILES string of the molecule is N#CCc1ccc(-c2ccc(OC(F)(F)F)cc2)cc1F. The predicted octanol–water partition coefficient (Wildman–Crippen LogP) is 4.46. The average molecular weight is 295 g/mol. The largest absolute Gasteiger partial charge is 0.573 e. The van der Waals surface area contributed by atoms with E-state index < -0.39 is 12.2 Å². The van der Waals surface area contributed by atoms with Crippen LogP contribution in [0.3, 0.4) is 0 Å². The molecule has 0 aliphatic rings. The van der Waals surface area contributed by atoms with Crippen LogP contribution < -0.4 is 4.74 Å². The van der Waals surface area contributed by atoms with Crippen LogP contribution in [0.4, 0.5) is 17.6 Å². The molecule has 0 aliphatic heterocycles. The van der Waals surface area contributed by atoms with Crippen LogP contribution in [0.25, 0.3) is 11.1 Å². The zero-order chi connectivity index (χ0) is 15.5. The minimum atomic E-state index is -4.74. The van der Waals surface area contributed by atoms with Crippen LogP contribution in [0, 0.1) is 17.1 Å². The Kier molecular flexibility index (Phi) is 4.13. The molecule has 0 spiro atoms. The molecule has 0 radical (unpaired) electrons. The van der Waals surface area contributed by atoms with Gasteiger partial charge in [-0.25, -0.2) is 4.39 Å². The maximum absolute atomic E-state index is 13.7. The van der Waals surface area contributed by atoms with Gasteiger partial charge in [0, 0.05) is 5.56 Å². The van der Waals surface area contributed by atoms with E-state index in [1.54, 1.807) is 6.07 Å². The predicted molar refractivity (Wildman–Crippen MR) is 67.8 cm³/mol. The van der Waals surface area contributed by atoms with Crippen LogP contribution in [0.2, 0.25) is 0 Å². The Morgan fingerprint density at radius 2 is 1.62 bits per heavy atom. The van der Waals surface area contributed by atoms with E-state index in [1.165, 1.54) is 24.3 Å². The Hall–Kier alpha value is -2.55. The molecule has 0 unspecified atom stereocenters. The lowest BCUT2D eigenvalue weighted by atomic mass is 10.0. The van der Waals surface area contributed by atoms with E-state index in [0.717, 1.165) is 12.1 Å². The van der Waals surface area contributed by atoms with Crippen LogP contribution in [0.1, 0.15) is 5.56 Å². The Bertz CT molecular complexity index is 672. The molecule has 0 aliphatic carbocycles. The Balaban J connectivity index is 2.23. The van der Waals surface area contributed by atoms with Crippen molar-refractivity contribution in [3.63, 3.8) is 0 Å². The maximum Gasteiger partial charge on any atom is 0.573 e. The molecule has 0 heterocycles. The van der Waals surface area contributed by atoms with Crippen LogP contribution in [0.5, 0.6) is 5.75 Å². The summed E-state index contributed by atoms with van der Waals surface area (Å²) in [5.41, 5.74) is 1.33. The third kappa shape index (κ3) is 3.96. The second kappa shape index (κ2) is 5.83. The lowest BCUT2D eigenvalue weighted by molar-refractivity contribution is -0.274. The van der Waals surface area contributed by atoms with E-state index in [1.807, 2.05) is 6.07 Å². The fourth-order valence-corrected chi connectivity index (χ4v) is 1.80. The summed E-state index contributed by atoms with van der Waals surface area (Å²) in [5, 5.41) is 8.53. The third-order valence-corrected chi connectivity index (χ3v) is 2.74. The van der Waals surface area contributed by atoms with E-state index >= 15 is 0 Å². The third-order valence-electron chi connectivity index (χ3n) is 2.74. The molecule has 2 rings (SSSR count). The monoisotopic (exact) mass is 295 g/mol. The first-order valence-electron chi connectivity index (χ1n) is 5.90. The van der Waals surface area contributed by atoms with Gasteiger partial charge < -0.3 is 4.74 Å². The number of hydrogen-bond donors (Lipinski definition) is 0. The van der Waals surface area contributed by atoms with E-state index in [2.05, 4.69) is 4.74 Å². The minimum Gasteiger partial charge on any atom is -0.406 e. The number of hydrogen-bond acceptors (Lipinski definition) is 2. The summed E-state index contributed by atoms with van der Waals surface area (Å²) in [5.74, 6) is -0.863. The molecular formula is C15H9F4NO. The van der Waals surface area contributed by atoms with Crippen molar-refractivity contribution in [1.82, 2.24) is 0 Å². The Morgan fingerprint density at radius 3 is 2.14 bits per heavy atom. The van der Waals surface area contributed by atoms with Gasteiger partial charge in [-0.3, -0.25) is 0 Å². The number of rotatable bonds is 3. The van der Waals surface area contributed by atoms with Crippen molar-refractivity contribution in [3.8, 4) is 22.9 Å². The number of nitriles is 1. The van der Waals surface area contributed by atoms with Crippen molar-refractivity contribution < 1.29 is 22.3 Å². The van der Waals surface area contributed by atoms with E-state index in [0.29, 0.717) is 11.1 Å². The summed E-state index contributed by atoms with van der Waals surface area (Å²) in [6.07, 6.45) is -4.78. The second-order valence-corrected chi connectivity index (χ2v) is 4.21. The molecule has 0 bridgehead atoms. The lowest BCUT2D eigenvalue weighted by Gasteiger charge is -2.09. The zero-order valence-electron chi connectivity index (χ0n) is 10.6. The van der Waals surface area contributed by atoms with Crippen molar-refractivity contribution in [2.24, 2.45) is 0 Å². The van der Waals surface area contributed by atoms with Crippen LogP contribution in [0.15, 0.2) is 42.5 Å². The summed E-state index contributed by atoms with van der Waals surface area (Å²) in [7, 11) is 0. The summed E-state index contributed by atoms with van der Waals surface area (Å²) in [4.78, 5) is 0. The first-order chi connectivity index (χ1) is 9.89. The Morgan fingerprint density at radius 1 is 1.00 bits per heavy atom. The molecular weight excluding hydrogens is 286 g/mol. The van der Waals surface area contributed by atoms with Gasteiger partial charge in [0.15, 0.2) is 0 Å². The minimum absolute atomic E-state index is 0.0372. The highest BCUT2D eigenvalue weighted by Gasteiger charge is 2.30.